The van der Waals surface area contributed by atoms with E-state index in [1.165, 1.54) is 5.56 Å². The Kier molecular flexibility index (Phi) is 5.78. The molecule has 0 saturated heterocycles. The first-order chi connectivity index (χ1) is 8.47. The van der Waals surface area contributed by atoms with Gasteiger partial charge >= 0.3 is 0 Å². The highest BCUT2D eigenvalue weighted by Gasteiger charge is 2.25. The monoisotopic (exact) mass is 269 g/mol. The Morgan fingerprint density at radius 2 is 2.17 bits per heavy atom. The maximum absolute atomic E-state index is 11.9. The predicted molar refractivity (Wildman–Crippen MR) is 76.7 cm³/mol. The Morgan fingerprint density at radius 3 is 2.56 bits per heavy atom. The van der Waals surface area contributed by atoms with E-state index in [1.807, 2.05) is 12.3 Å². The van der Waals surface area contributed by atoms with Crippen LogP contribution in [0.15, 0.2) is 16.8 Å². The normalized spacial score (nSPS) is 14.6. The van der Waals surface area contributed by atoms with Crippen LogP contribution < -0.4 is 5.73 Å². The van der Waals surface area contributed by atoms with E-state index < -0.39 is 0 Å². The van der Waals surface area contributed by atoms with E-state index in [0.717, 1.165) is 6.54 Å². The van der Waals surface area contributed by atoms with Gasteiger partial charge in [-0.1, -0.05) is 6.92 Å². The molecule has 1 amide bonds. The summed E-state index contributed by atoms with van der Waals surface area (Å²) in [5.74, 6) is 0.109. The largest absolute Gasteiger partial charge is 0.348 e. The van der Waals surface area contributed by atoms with Gasteiger partial charge in [0.2, 0.25) is 5.91 Å². The van der Waals surface area contributed by atoms with E-state index in [9.17, 15) is 4.79 Å². The van der Waals surface area contributed by atoms with Crippen LogP contribution in [0.1, 0.15) is 25.5 Å². The van der Waals surface area contributed by atoms with Crippen molar-refractivity contribution in [2.24, 2.45) is 5.73 Å². The molecule has 0 aromatic carbocycles. The maximum Gasteiger partial charge on any atom is 0.236 e. The van der Waals surface area contributed by atoms with Crippen molar-refractivity contribution in [3.8, 4) is 0 Å². The van der Waals surface area contributed by atoms with Gasteiger partial charge in [0.25, 0.3) is 0 Å². The molecule has 0 fully saturated rings. The zero-order valence-corrected chi connectivity index (χ0v) is 12.4. The summed E-state index contributed by atoms with van der Waals surface area (Å²) in [6.07, 6.45) is 0. The van der Waals surface area contributed by atoms with E-state index in [-0.39, 0.29) is 18.0 Å². The molecule has 2 N–H and O–H groups in total. The van der Waals surface area contributed by atoms with Crippen LogP contribution in [0.25, 0.3) is 0 Å². The number of hydrogen-bond donors (Lipinski definition) is 1. The zero-order chi connectivity index (χ0) is 13.7. The molecule has 1 aromatic rings. The third kappa shape index (κ3) is 3.80. The minimum absolute atomic E-state index is 0.00508. The molecule has 0 radical (unpaired) electrons. The lowest BCUT2D eigenvalue weighted by Gasteiger charge is -2.33. The molecule has 4 nitrogen and oxygen atoms in total. The first-order valence-corrected chi connectivity index (χ1v) is 7.13. The molecule has 18 heavy (non-hydrogen) atoms. The van der Waals surface area contributed by atoms with Crippen molar-refractivity contribution < 1.29 is 4.79 Å². The summed E-state index contributed by atoms with van der Waals surface area (Å²) in [5, 5.41) is 4.16. The van der Waals surface area contributed by atoms with Crippen LogP contribution in [-0.4, -0.2) is 48.9 Å². The van der Waals surface area contributed by atoms with Crippen molar-refractivity contribution >= 4 is 17.2 Å². The van der Waals surface area contributed by atoms with E-state index in [4.69, 9.17) is 5.73 Å². The molecule has 0 bridgehead atoms. The van der Waals surface area contributed by atoms with Crippen LogP contribution in [0, 0.1) is 0 Å². The summed E-state index contributed by atoms with van der Waals surface area (Å²) < 4.78 is 0. The number of amides is 1. The average Bonchev–Trinajstić information content (AvgIpc) is 2.80. The summed E-state index contributed by atoms with van der Waals surface area (Å²) in [4.78, 5) is 15.6. The van der Waals surface area contributed by atoms with E-state index in [0.29, 0.717) is 6.54 Å². The van der Waals surface area contributed by atoms with Crippen LogP contribution in [0.3, 0.4) is 0 Å². The van der Waals surface area contributed by atoms with Crippen molar-refractivity contribution in [2.75, 3.05) is 27.2 Å². The van der Waals surface area contributed by atoms with E-state index in [2.05, 4.69) is 23.3 Å². The van der Waals surface area contributed by atoms with Gasteiger partial charge in [0.15, 0.2) is 0 Å². The topological polar surface area (TPSA) is 49.6 Å². The van der Waals surface area contributed by atoms with Crippen molar-refractivity contribution in [1.29, 1.82) is 0 Å². The Morgan fingerprint density at radius 1 is 1.50 bits per heavy atom. The van der Waals surface area contributed by atoms with Gasteiger partial charge in [0.05, 0.1) is 12.6 Å². The third-order valence-electron chi connectivity index (χ3n) is 3.02. The summed E-state index contributed by atoms with van der Waals surface area (Å²) in [6, 6.07) is 2.18. The van der Waals surface area contributed by atoms with Crippen LogP contribution >= 0.6 is 11.3 Å². The lowest BCUT2D eigenvalue weighted by molar-refractivity contribution is -0.130. The van der Waals surface area contributed by atoms with Gasteiger partial charge in [-0.25, -0.2) is 0 Å². The Hall–Kier alpha value is -0.910. The number of hydrogen-bond acceptors (Lipinski definition) is 4. The molecule has 0 aliphatic heterocycles. The standard InChI is InChI=1S/C13H23N3OS/c1-5-16(8-12(17)15(3)4)13(10(2)14)11-6-7-18-9-11/h6-7,9-10,13H,5,8,14H2,1-4H3. The number of carbonyl (C=O) groups is 1. The quantitative estimate of drug-likeness (QED) is 0.852. The second-order valence-electron chi connectivity index (χ2n) is 4.71. The fraction of sp³-hybridized carbons (Fsp3) is 0.615. The molecule has 5 heteroatoms. The Labute approximate surface area is 113 Å². The van der Waals surface area contributed by atoms with Gasteiger partial charge in [0.1, 0.15) is 0 Å². The van der Waals surface area contributed by atoms with Gasteiger partial charge < -0.3 is 10.6 Å². The Bertz CT molecular complexity index is 362. The minimum Gasteiger partial charge on any atom is -0.348 e. The SMILES string of the molecule is CCN(CC(=O)N(C)C)C(c1ccsc1)C(C)N. The first-order valence-electron chi connectivity index (χ1n) is 6.19. The summed E-state index contributed by atoms with van der Waals surface area (Å²) in [7, 11) is 3.56. The second kappa shape index (κ2) is 6.87. The smallest absolute Gasteiger partial charge is 0.236 e. The molecule has 0 saturated carbocycles. The molecule has 2 unspecified atom stereocenters. The number of rotatable bonds is 6. The molecule has 2 atom stereocenters. The minimum atomic E-state index is -0.00508. The second-order valence-corrected chi connectivity index (χ2v) is 5.49. The molecule has 0 spiro atoms. The molecular formula is C13H23N3OS. The molecule has 0 aliphatic rings. The van der Waals surface area contributed by atoms with Gasteiger partial charge in [-0.3, -0.25) is 9.69 Å². The number of nitrogens with two attached hydrogens (primary N) is 1. The summed E-state index contributed by atoms with van der Waals surface area (Å²) >= 11 is 1.66. The van der Waals surface area contributed by atoms with Crippen LogP contribution in [0.2, 0.25) is 0 Å². The molecule has 1 heterocycles. The summed E-state index contributed by atoms with van der Waals surface area (Å²) in [5.41, 5.74) is 7.29. The lowest BCUT2D eigenvalue weighted by Crippen LogP contribution is -2.44. The number of carbonyl (C=O) groups excluding carboxylic acids is 1. The van der Waals surface area contributed by atoms with Crippen molar-refractivity contribution in [2.45, 2.75) is 25.9 Å². The van der Waals surface area contributed by atoms with Crippen molar-refractivity contribution in [3.63, 3.8) is 0 Å². The fourth-order valence-corrected chi connectivity index (χ4v) is 2.70. The summed E-state index contributed by atoms with van der Waals surface area (Å²) in [6.45, 7) is 5.27. The van der Waals surface area contributed by atoms with Gasteiger partial charge in [-0.05, 0) is 35.9 Å². The van der Waals surface area contributed by atoms with Gasteiger partial charge in [-0.15, -0.1) is 0 Å². The van der Waals surface area contributed by atoms with Gasteiger partial charge in [0, 0.05) is 20.1 Å². The first kappa shape index (κ1) is 15.1. The average molecular weight is 269 g/mol. The van der Waals surface area contributed by atoms with E-state index in [1.54, 1.807) is 30.3 Å². The molecule has 0 aliphatic carbocycles. The third-order valence-corrected chi connectivity index (χ3v) is 3.72. The predicted octanol–water partition coefficient (Wildman–Crippen LogP) is 1.55. The highest BCUT2D eigenvalue weighted by Crippen LogP contribution is 2.25. The number of likely N-dealkylation sites (N-methyl/N-ethyl adjacent to an activating group) is 2. The zero-order valence-electron chi connectivity index (χ0n) is 11.6. The molecular weight excluding hydrogens is 246 g/mol. The van der Waals surface area contributed by atoms with E-state index >= 15 is 0 Å². The van der Waals surface area contributed by atoms with Crippen molar-refractivity contribution in [1.82, 2.24) is 9.80 Å². The highest BCUT2D eigenvalue weighted by molar-refractivity contribution is 7.07. The fourth-order valence-electron chi connectivity index (χ4n) is 2.01. The van der Waals surface area contributed by atoms with Crippen LogP contribution in [0.4, 0.5) is 0 Å². The highest BCUT2D eigenvalue weighted by atomic mass is 32.1. The molecule has 1 rings (SSSR count). The van der Waals surface area contributed by atoms with Gasteiger partial charge in [-0.2, -0.15) is 11.3 Å². The molecule has 102 valence electrons. The molecule has 1 aromatic heterocycles. The maximum atomic E-state index is 11.9. The number of nitrogens with zero attached hydrogens (tertiary/aromatic N) is 2. The Balaban J connectivity index is 2.85. The lowest BCUT2D eigenvalue weighted by atomic mass is 10.0. The van der Waals surface area contributed by atoms with Crippen LogP contribution in [-0.2, 0) is 4.79 Å². The van der Waals surface area contributed by atoms with Crippen LogP contribution in [0.5, 0.6) is 0 Å². The van der Waals surface area contributed by atoms with Crippen molar-refractivity contribution in [3.05, 3.63) is 22.4 Å². The number of thiophene rings is 1.